The Morgan fingerprint density at radius 1 is 1.36 bits per heavy atom. The Labute approximate surface area is 69.8 Å². The molecule has 2 atom stereocenters. The Bertz CT molecular complexity index is 141. The van der Waals surface area contributed by atoms with Gasteiger partial charge in [-0.05, 0) is 31.1 Å². The summed E-state index contributed by atoms with van der Waals surface area (Å²) in [7, 11) is 0. The first-order valence-electron chi connectivity index (χ1n) is 4.56. The smallest absolute Gasteiger partial charge is 0.0652 e. The predicted molar refractivity (Wildman–Crippen MR) is 47.4 cm³/mol. The minimum atomic E-state index is -0.405. The molecule has 0 amide bonds. The van der Waals surface area contributed by atoms with Crippen LogP contribution in [0, 0.1) is 11.3 Å². The fourth-order valence-electron chi connectivity index (χ4n) is 2.52. The molecule has 0 heterocycles. The Kier molecular flexibility index (Phi) is 2.04. The summed E-state index contributed by atoms with van der Waals surface area (Å²) in [6.07, 6.45) is 3.36. The maximum atomic E-state index is 9.99. The zero-order chi connectivity index (χ0) is 8.70. The molecule has 0 bridgehead atoms. The van der Waals surface area contributed by atoms with E-state index in [4.69, 9.17) is 0 Å². The Hall–Kier alpha value is -0.0400. The van der Waals surface area contributed by atoms with Crippen LogP contribution in [-0.4, -0.2) is 10.7 Å². The van der Waals surface area contributed by atoms with Crippen LogP contribution in [0.5, 0.6) is 0 Å². The van der Waals surface area contributed by atoms with Crippen molar-refractivity contribution in [2.75, 3.05) is 0 Å². The van der Waals surface area contributed by atoms with Crippen LogP contribution in [-0.2, 0) is 0 Å². The molecule has 0 aromatic rings. The van der Waals surface area contributed by atoms with Crippen LogP contribution < -0.4 is 0 Å². The van der Waals surface area contributed by atoms with Crippen LogP contribution in [0.15, 0.2) is 0 Å². The average Bonchev–Trinajstić information content (AvgIpc) is 2.06. The van der Waals surface area contributed by atoms with Gasteiger partial charge >= 0.3 is 0 Å². The molecule has 1 fully saturated rings. The molecule has 0 radical (unpaired) electrons. The highest BCUT2D eigenvalue weighted by Crippen LogP contribution is 2.45. The molecule has 66 valence electrons. The number of hydrogen-bond donors (Lipinski definition) is 1. The second-order valence-electron chi connectivity index (χ2n) is 5.17. The summed E-state index contributed by atoms with van der Waals surface area (Å²) in [6, 6.07) is 0. The van der Waals surface area contributed by atoms with Gasteiger partial charge in [-0.15, -0.1) is 0 Å². The van der Waals surface area contributed by atoms with E-state index < -0.39 is 5.60 Å². The van der Waals surface area contributed by atoms with Crippen molar-refractivity contribution in [3.63, 3.8) is 0 Å². The first-order chi connectivity index (χ1) is 4.84. The number of hydrogen-bond acceptors (Lipinski definition) is 1. The van der Waals surface area contributed by atoms with E-state index in [1.165, 1.54) is 12.8 Å². The Morgan fingerprint density at radius 2 is 1.91 bits per heavy atom. The summed E-state index contributed by atoms with van der Waals surface area (Å²) in [5.74, 6) is 0.481. The van der Waals surface area contributed by atoms with Crippen LogP contribution in [0.2, 0.25) is 0 Å². The van der Waals surface area contributed by atoms with Gasteiger partial charge in [0.15, 0.2) is 0 Å². The third-order valence-corrected chi connectivity index (χ3v) is 2.97. The molecule has 0 aromatic carbocycles. The topological polar surface area (TPSA) is 20.2 Å². The highest BCUT2D eigenvalue weighted by atomic mass is 16.3. The standard InChI is InChI=1S/C10H20O/c1-9(2,3)8-6-5-7-10(8,4)11/h8,11H,5-7H2,1-4H3. The highest BCUT2D eigenvalue weighted by molar-refractivity contribution is 4.94. The molecule has 0 spiro atoms. The lowest BCUT2D eigenvalue weighted by Crippen LogP contribution is -2.37. The van der Waals surface area contributed by atoms with E-state index in [0.29, 0.717) is 5.92 Å². The normalized spacial score (nSPS) is 39.5. The van der Waals surface area contributed by atoms with Gasteiger partial charge in [-0.1, -0.05) is 27.2 Å². The molecule has 1 aliphatic carbocycles. The molecule has 0 saturated heterocycles. The van der Waals surface area contributed by atoms with E-state index in [1.807, 2.05) is 6.92 Å². The van der Waals surface area contributed by atoms with Gasteiger partial charge in [0.2, 0.25) is 0 Å². The molecule has 2 unspecified atom stereocenters. The monoisotopic (exact) mass is 156 g/mol. The molecule has 1 rings (SSSR count). The molecule has 11 heavy (non-hydrogen) atoms. The van der Waals surface area contributed by atoms with Crippen molar-refractivity contribution in [2.24, 2.45) is 11.3 Å². The van der Waals surface area contributed by atoms with E-state index in [-0.39, 0.29) is 5.41 Å². The third kappa shape index (κ3) is 1.76. The Balaban J connectivity index is 2.73. The Morgan fingerprint density at radius 3 is 2.09 bits per heavy atom. The summed E-state index contributed by atoms with van der Waals surface area (Å²) < 4.78 is 0. The van der Waals surface area contributed by atoms with Gasteiger partial charge in [0.05, 0.1) is 5.60 Å². The summed E-state index contributed by atoms with van der Waals surface area (Å²) in [5.41, 5.74) is -0.141. The van der Waals surface area contributed by atoms with Gasteiger partial charge in [0.25, 0.3) is 0 Å². The third-order valence-electron chi connectivity index (χ3n) is 2.97. The van der Waals surface area contributed by atoms with Crippen molar-refractivity contribution in [3.05, 3.63) is 0 Å². The SMILES string of the molecule is CC(C)(C)C1CCCC1(C)O. The van der Waals surface area contributed by atoms with E-state index in [9.17, 15) is 5.11 Å². The van der Waals surface area contributed by atoms with Crippen molar-refractivity contribution in [3.8, 4) is 0 Å². The summed E-state index contributed by atoms with van der Waals surface area (Å²) in [5, 5.41) is 9.99. The molecule has 1 saturated carbocycles. The summed E-state index contributed by atoms with van der Waals surface area (Å²) in [6.45, 7) is 8.64. The van der Waals surface area contributed by atoms with Crippen LogP contribution in [0.25, 0.3) is 0 Å². The van der Waals surface area contributed by atoms with Crippen molar-refractivity contribution in [1.29, 1.82) is 0 Å². The van der Waals surface area contributed by atoms with Gasteiger partial charge in [0.1, 0.15) is 0 Å². The number of aliphatic hydroxyl groups is 1. The predicted octanol–water partition coefficient (Wildman–Crippen LogP) is 2.58. The maximum absolute atomic E-state index is 9.99. The van der Waals surface area contributed by atoms with Gasteiger partial charge in [-0.2, -0.15) is 0 Å². The van der Waals surface area contributed by atoms with Crippen molar-refractivity contribution in [2.45, 2.75) is 52.6 Å². The first kappa shape index (κ1) is 9.05. The molecular formula is C10H20O. The van der Waals surface area contributed by atoms with Gasteiger partial charge in [-0.3, -0.25) is 0 Å². The zero-order valence-corrected chi connectivity index (χ0v) is 8.15. The minimum absolute atomic E-state index is 0.264. The molecular weight excluding hydrogens is 136 g/mol. The lowest BCUT2D eigenvalue weighted by molar-refractivity contribution is -0.0238. The van der Waals surface area contributed by atoms with Crippen LogP contribution in [0.1, 0.15) is 47.0 Å². The first-order valence-corrected chi connectivity index (χ1v) is 4.56. The lowest BCUT2D eigenvalue weighted by atomic mass is 9.73. The molecule has 0 aromatic heterocycles. The van der Waals surface area contributed by atoms with Crippen LogP contribution >= 0.6 is 0 Å². The summed E-state index contributed by atoms with van der Waals surface area (Å²) in [4.78, 5) is 0. The summed E-state index contributed by atoms with van der Waals surface area (Å²) >= 11 is 0. The van der Waals surface area contributed by atoms with E-state index >= 15 is 0 Å². The molecule has 1 nitrogen and oxygen atoms in total. The van der Waals surface area contributed by atoms with Crippen molar-refractivity contribution < 1.29 is 5.11 Å². The van der Waals surface area contributed by atoms with Crippen LogP contribution in [0.4, 0.5) is 0 Å². The van der Waals surface area contributed by atoms with Crippen molar-refractivity contribution >= 4 is 0 Å². The van der Waals surface area contributed by atoms with Gasteiger partial charge < -0.3 is 5.11 Å². The lowest BCUT2D eigenvalue weighted by Gasteiger charge is -2.36. The molecule has 1 aliphatic rings. The minimum Gasteiger partial charge on any atom is -0.390 e. The fraction of sp³-hybridized carbons (Fsp3) is 1.00. The van der Waals surface area contributed by atoms with Gasteiger partial charge in [-0.25, -0.2) is 0 Å². The highest BCUT2D eigenvalue weighted by Gasteiger charge is 2.43. The fourth-order valence-corrected chi connectivity index (χ4v) is 2.52. The zero-order valence-electron chi connectivity index (χ0n) is 8.15. The largest absolute Gasteiger partial charge is 0.390 e. The van der Waals surface area contributed by atoms with Crippen LogP contribution in [0.3, 0.4) is 0 Å². The maximum Gasteiger partial charge on any atom is 0.0652 e. The second-order valence-corrected chi connectivity index (χ2v) is 5.17. The van der Waals surface area contributed by atoms with E-state index in [1.54, 1.807) is 0 Å². The molecule has 1 heteroatoms. The van der Waals surface area contributed by atoms with E-state index in [2.05, 4.69) is 20.8 Å². The van der Waals surface area contributed by atoms with Gasteiger partial charge in [0, 0.05) is 0 Å². The van der Waals surface area contributed by atoms with Crippen molar-refractivity contribution in [1.82, 2.24) is 0 Å². The molecule has 0 aliphatic heterocycles. The van der Waals surface area contributed by atoms with E-state index in [0.717, 1.165) is 6.42 Å². The second kappa shape index (κ2) is 2.48. The number of rotatable bonds is 0. The average molecular weight is 156 g/mol. The quantitative estimate of drug-likeness (QED) is 0.571. The molecule has 1 N–H and O–H groups in total.